The van der Waals surface area contributed by atoms with Gasteiger partial charge < -0.3 is 15.5 Å². The maximum absolute atomic E-state index is 5.82. The first-order valence-corrected chi connectivity index (χ1v) is 12.7. The molecule has 34 heavy (non-hydrogen) atoms. The van der Waals surface area contributed by atoms with Crippen LogP contribution in [-0.4, -0.2) is 53.0 Å². The van der Waals surface area contributed by atoms with Crippen molar-refractivity contribution >= 4 is 22.6 Å². The molecule has 0 radical (unpaired) electrons. The molecule has 3 N–H and O–H groups in total. The van der Waals surface area contributed by atoms with E-state index in [1.165, 1.54) is 53.7 Å². The van der Waals surface area contributed by atoms with Gasteiger partial charge in [-0.2, -0.15) is 0 Å². The lowest BCUT2D eigenvalue weighted by atomic mass is 9.87. The number of nitrogens with two attached hydrogens (primary N) is 1. The van der Waals surface area contributed by atoms with E-state index in [0.717, 1.165) is 36.6 Å². The van der Waals surface area contributed by atoms with Gasteiger partial charge in [0.1, 0.15) is 0 Å². The Kier molecular flexibility index (Phi) is 6.45. The third-order valence-electron chi connectivity index (χ3n) is 7.47. The van der Waals surface area contributed by atoms with Crippen molar-refractivity contribution in [2.45, 2.75) is 64.8 Å². The molecule has 2 aliphatic heterocycles. The summed E-state index contributed by atoms with van der Waals surface area (Å²) in [6.07, 6.45) is 5.24. The maximum atomic E-state index is 5.82. The topological polar surface area (TPSA) is 79.5 Å². The van der Waals surface area contributed by atoms with E-state index in [-0.39, 0.29) is 0 Å². The number of aromatic nitrogens is 2. The van der Waals surface area contributed by atoms with Crippen LogP contribution >= 0.6 is 0 Å². The molecule has 6 nitrogen and oxygen atoms in total. The van der Waals surface area contributed by atoms with Crippen LogP contribution in [0.3, 0.4) is 0 Å². The van der Waals surface area contributed by atoms with E-state index in [0.29, 0.717) is 23.7 Å². The monoisotopic (exact) mass is 459 g/mol. The summed E-state index contributed by atoms with van der Waals surface area (Å²) < 4.78 is 5.40. The summed E-state index contributed by atoms with van der Waals surface area (Å²) in [7, 11) is 0. The molecule has 2 aromatic heterocycles. The molecule has 1 aromatic carbocycles. The van der Waals surface area contributed by atoms with Crippen LogP contribution in [-0.2, 0) is 11.2 Å². The van der Waals surface area contributed by atoms with Gasteiger partial charge in [0.2, 0.25) is 0 Å². The molecule has 0 amide bonds. The van der Waals surface area contributed by atoms with Crippen LogP contribution in [0.15, 0.2) is 35.5 Å². The number of H-pyrrole nitrogens is 1. The summed E-state index contributed by atoms with van der Waals surface area (Å²) in [5.74, 6) is 2.27. The van der Waals surface area contributed by atoms with Gasteiger partial charge >= 0.3 is 0 Å². The van der Waals surface area contributed by atoms with E-state index in [2.05, 4.69) is 64.9 Å². The summed E-state index contributed by atoms with van der Waals surface area (Å²) in [5.41, 5.74) is 13.3. The smallest absolute Gasteiger partial charge is 0.157 e. The zero-order valence-electron chi connectivity index (χ0n) is 20.9. The van der Waals surface area contributed by atoms with Gasteiger partial charge in [0, 0.05) is 22.7 Å². The Morgan fingerprint density at radius 1 is 1.24 bits per heavy atom. The molecule has 4 heterocycles. The van der Waals surface area contributed by atoms with Crippen LogP contribution < -0.4 is 5.73 Å². The van der Waals surface area contributed by atoms with Gasteiger partial charge in [0.25, 0.3) is 0 Å². The Labute approximate surface area is 202 Å². The number of nitrogens with one attached hydrogen (secondary N) is 1. The lowest BCUT2D eigenvalue weighted by Crippen LogP contribution is -2.51. The molecule has 0 aliphatic carbocycles. The SMILES string of the molecule is CCc1cc(-c2[nH]c3ccc(C4CCN(C5COC5)CC4)cc3c2C(C)C)cnc1N=C(C)N. The number of fused-ring (bicyclic) bond motifs is 1. The van der Waals surface area contributed by atoms with Crippen LogP contribution in [0.5, 0.6) is 0 Å². The fraction of sp³-hybridized carbons (Fsp3) is 0.500. The molecule has 180 valence electrons. The van der Waals surface area contributed by atoms with Crippen molar-refractivity contribution in [2.24, 2.45) is 10.7 Å². The average molecular weight is 460 g/mol. The molecular weight excluding hydrogens is 422 g/mol. The number of piperidine rings is 1. The van der Waals surface area contributed by atoms with Crippen molar-refractivity contribution in [3.63, 3.8) is 0 Å². The van der Waals surface area contributed by atoms with Gasteiger partial charge in [-0.05, 0) is 86.0 Å². The van der Waals surface area contributed by atoms with Gasteiger partial charge in [0.15, 0.2) is 5.82 Å². The summed E-state index contributed by atoms with van der Waals surface area (Å²) in [5, 5.41) is 1.34. The van der Waals surface area contributed by atoms with Crippen molar-refractivity contribution in [2.75, 3.05) is 26.3 Å². The number of amidine groups is 1. The van der Waals surface area contributed by atoms with Crippen LogP contribution in [0.25, 0.3) is 22.2 Å². The Morgan fingerprint density at radius 3 is 2.62 bits per heavy atom. The Morgan fingerprint density at radius 2 is 2.00 bits per heavy atom. The minimum Gasteiger partial charge on any atom is -0.387 e. The van der Waals surface area contributed by atoms with E-state index < -0.39 is 0 Å². The molecule has 0 saturated carbocycles. The molecule has 2 fully saturated rings. The molecular formula is C28H37N5O. The molecule has 0 spiro atoms. The Bertz CT molecular complexity index is 1190. The number of aryl methyl sites for hydroxylation is 1. The normalized spacial score (nSPS) is 18.7. The van der Waals surface area contributed by atoms with Crippen LogP contribution in [0.2, 0.25) is 0 Å². The van der Waals surface area contributed by atoms with E-state index in [9.17, 15) is 0 Å². The highest BCUT2D eigenvalue weighted by Gasteiger charge is 2.30. The number of ether oxygens (including phenoxy) is 1. The first kappa shape index (κ1) is 23.1. The summed E-state index contributed by atoms with van der Waals surface area (Å²) in [6.45, 7) is 12.7. The molecule has 2 aliphatic rings. The van der Waals surface area contributed by atoms with Crippen LogP contribution in [0.1, 0.15) is 69.1 Å². The summed E-state index contributed by atoms with van der Waals surface area (Å²) in [6, 6.07) is 9.91. The summed E-state index contributed by atoms with van der Waals surface area (Å²) >= 11 is 0. The second kappa shape index (κ2) is 9.51. The standard InChI is InChI=1S/C28H37N5O/c1-5-19-12-22(14-30-28(19)31-18(4)29)27-26(17(2)3)24-13-21(6-7-25(24)32-27)20-8-10-33(11-9-20)23-15-34-16-23/h6-7,12-14,17,20,23,32H,5,8-11,15-16H2,1-4H3,(H2,29,30,31). The van der Waals surface area contributed by atoms with Crippen molar-refractivity contribution in [3.05, 3.63) is 47.2 Å². The number of hydrogen-bond acceptors (Lipinski definition) is 4. The predicted octanol–water partition coefficient (Wildman–Crippen LogP) is 5.50. The first-order valence-electron chi connectivity index (χ1n) is 12.7. The Balaban J connectivity index is 1.48. The molecule has 0 bridgehead atoms. The van der Waals surface area contributed by atoms with E-state index in [4.69, 9.17) is 10.5 Å². The zero-order chi connectivity index (χ0) is 23.8. The number of likely N-dealkylation sites (tertiary alicyclic amines) is 1. The second-order valence-electron chi connectivity index (χ2n) is 10.2. The van der Waals surface area contributed by atoms with Gasteiger partial charge in [-0.25, -0.2) is 9.98 Å². The number of nitrogens with zero attached hydrogens (tertiary/aromatic N) is 3. The zero-order valence-corrected chi connectivity index (χ0v) is 20.9. The number of hydrogen-bond donors (Lipinski definition) is 2. The second-order valence-corrected chi connectivity index (χ2v) is 10.2. The minimum atomic E-state index is 0.397. The highest BCUT2D eigenvalue weighted by atomic mass is 16.5. The van der Waals surface area contributed by atoms with Gasteiger partial charge in [0.05, 0.1) is 30.8 Å². The minimum absolute atomic E-state index is 0.397. The molecule has 2 saturated heterocycles. The fourth-order valence-electron chi connectivity index (χ4n) is 5.51. The van der Waals surface area contributed by atoms with E-state index in [1.54, 1.807) is 6.92 Å². The van der Waals surface area contributed by atoms with Crippen molar-refractivity contribution in [1.82, 2.24) is 14.9 Å². The highest BCUT2D eigenvalue weighted by Crippen LogP contribution is 2.39. The predicted molar refractivity (Wildman–Crippen MR) is 140 cm³/mol. The molecule has 6 heteroatoms. The molecule has 5 rings (SSSR count). The quantitative estimate of drug-likeness (QED) is 0.377. The molecule has 0 unspecified atom stereocenters. The molecule has 3 aromatic rings. The Hall–Kier alpha value is -2.70. The van der Waals surface area contributed by atoms with Crippen molar-refractivity contribution < 1.29 is 4.74 Å². The van der Waals surface area contributed by atoms with E-state index >= 15 is 0 Å². The maximum Gasteiger partial charge on any atom is 0.157 e. The number of pyridine rings is 1. The number of aromatic amines is 1. The van der Waals surface area contributed by atoms with E-state index in [1.807, 2.05) is 6.20 Å². The van der Waals surface area contributed by atoms with Crippen LogP contribution in [0.4, 0.5) is 5.82 Å². The number of benzene rings is 1. The highest BCUT2D eigenvalue weighted by molar-refractivity contribution is 5.92. The van der Waals surface area contributed by atoms with Gasteiger partial charge in [-0.1, -0.05) is 26.8 Å². The van der Waals surface area contributed by atoms with Crippen LogP contribution in [0, 0.1) is 0 Å². The van der Waals surface area contributed by atoms with Crippen molar-refractivity contribution in [1.29, 1.82) is 0 Å². The van der Waals surface area contributed by atoms with Gasteiger partial charge in [-0.15, -0.1) is 0 Å². The lowest BCUT2D eigenvalue weighted by molar-refractivity contribution is -0.0712. The summed E-state index contributed by atoms with van der Waals surface area (Å²) in [4.78, 5) is 15.4. The lowest BCUT2D eigenvalue weighted by Gasteiger charge is -2.41. The number of rotatable bonds is 6. The fourth-order valence-corrected chi connectivity index (χ4v) is 5.51. The number of aliphatic imine (C=N–C) groups is 1. The third kappa shape index (κ3) is 4.37. The third-order valence-corrected chi connectivity index (χ3v) is 7.47. The average Bonchev–Trinajstić information content (AvgIpc) is 3.17. The van der Waals surface area contributed by atoms with Crippen molar-refractivity contribution in [3.8, 4) is 11.3 Å². The molecule has 0 atom stereocenters. The van der Waals surface area contributed by atoms with Gasteiger partial charge in [-0.3, -0.25) is 4.90 Å². The first-order chi connectivity index (χ1) is 16.4. The largest absolute Gasteiger partial charge is 0.387 e.